The molecule has 0 radical (unpaired) electrons. The molecule has 0 spiro atoms. The van der Waals surface area contributed by atoms with E-state index in [2.05, 4.69) is 13.8 Å². The third kappa shape index (κ3) is 1.83. The lowest BCUT2D eigenvalue weighted by molar-refractivity contribution is -0.143. The minimum Gasteiger partial charge on any atom is -0.390 e. The van der Waals surface area contributed by atoms with Crippen LogP contribution >= 0.6 is 0 Å². The van der Waals surface area contributed by atoms with E-state index < -0.39 is 11.0 Å². The molecular weight excluding hydrogens is 300 g/mol. The Labute approximate surface area is 144 Å². The molecule has 0 saturated heterocycles. The summed E-state index contributed by atoms with van der Waals surface area (Å²) in [7, 11) is 0. The number of carbonyl (C=O) groups excluding carboxylic acids is 2. The van der Waals surface area contributed by atoms with E-state index in [1.807, 2.05) is 6.92 Å². The first-order valence-corrected chi connectivity index (χ1v) is 9.69. The molecule has 0 aromatic rings. The Morgan fingerprint density at radius 2 is 1.88 bits per heavy atom. The molecule has 1 N–H and O–H groups in total. The number of hydrogen-bond donors (Lipinski definition) is 1. The molecule has 0 bridgehead atoms. The topological polar surface area (TPSA) is 54.4 Å². The van der Waals surface area contributed by atoms with E-state index in [0.717, 1.165) is 44.1 Å². The highest BCUT2D eigenvalue weighted by molar-refractivity contribution is 5.94. The molecule has 3 nitrogen and oxygen atoms in total. The van der Waals surface area contributed by atoms with Crippen LogP contribution in [0.25, 0.3) is 0 Å². The molecule has 0 unspecified atom stereocenters. The van der Waals surface area contributed by atoms with Gasteiger partial charge in [-0.25, -0.2) is 0 Å². The van der Waals surface area contributed by atoms with Gasteiger partial charge in [-0.3, -0.25) is 4.79 Å². The molecule has 0 amide bonds. The maximum atomic E-state index is 12.4. The minimum atomic E-state index is -0.582. The van der Waals surface area contributed by atoms with Gasteiger partial charge in [-0.1, -0.05) is 19.4 Å². The van der Waals surface area contributed by atoms with Crippen molar-refractivity contribution >= 4 is 12.1 Å². The van der Waals surface area contributed by atoms with Gasteiger partial charge in [0.15, 0.2) is 5.78 Å². The summed E-state index contributed by atoms with van der Waals surface area (Å²) < 4.78 is 0. The van der Waals surface area contributed by atoms with Crippen LogP contribution in [0.5, 0.6) is 0 Å². The van der Waals surface area contributed by atoms with Gasteiger partial charge >= 0.3 is 0 Å². The van der Waals surface area contributed by atoms with E-state index in [0.29, 0.717) is 24.2 Å². The van der Waals surface area contributed by atoms with Crippen LogP contribution in [-0.2, 0) is 9.59 Å². The van der Waals surface area contributed by atoms with Gasteiger partial charge < -0.3 is 9.90 Å². The highest BCUT2D eigenvalue weighted by Gasteiger charge is 2.64. The van der Waals surface area contributed by atoms with Crippen LogP contribution < -0.4 is 0 Å². The van der Waals surface area contributed by atoms with Crippen LogP contribution in [0.15, 0.2) is 11.6 Å². The Morgan fingerprint density at radius 1 is 1.17 bits per heavy atom. The smallest absolute Gasteiger partial charge is 0.155 e. The third-order valence-corrected chi connectivity index (χ3v) is 8.77. The first-order valence-electron chi connectivity index (χ1n) is 9.69. The maximum absolute atomic E-state index is 12.4. The monoisotopic (exact) mass is 330 g/mol. The van der Waals surface area contributed by atoms with E-state index in [-0.39, 0.29) is 17.1 Å². The van der Waals surface area contributed by atoms with Crippen LogP contribution in [0.3, 0.4) is 0 Å². The van der Waals surface area contributed by atoms with Crippen LogP contribution in [0.1, 0.15) is 65.7 Å². The first-order chi connectivity index (χ1) is 11.3. The number of hydrogen-bond acceptors (Lipinski definition) is 3. The average molecular weight is 330 g/mol. The summed E-state index contributed by atoms with van der Waals surface area (Å²) in [4.78, 5) is 24.4. The Kier molecular flexibility index (Phi) is 3.46. The lowest BCUT2D eigenvalue weighted by atomic mass is 9.44. The summed E-state index contributed by atoms with van der Waals surface area (Å²) in [6, 6.07) is 0. The average Bonchev–Trinajstić information content (AvgIpc) is 2.77. The number of aldehydes is 1. The Balaban J connectivity index is 1.77. The number of ketones is 1. The van der Waals surface area contributed by atoms with Crippen molar-refractivity contribution in [3.63, 3.8) is 0 Å². The van der Waals surface area contributed by atoms with Gasteiger partial charge in [0.25, 0.3) is 0 Å². The zero-order valence-corrected chi connectivity index (χ0v) is 15.2. The second kappa shape index (κ2) is 5.03. The quantitative estimate of drug-likeness (QED) is 0.746. The molecule has 4 aliphatic rings. The van der Waals surface area contributed by atoms with Gasteiger partial charge in [-0.15, -0.1) is 0 Å². The summed E-state index contributed by atoms with van der Waals surface area (Å²) in [5, 5.41) is 11.0. The van der Waals surface area contributed by atoms with Crippen molar-refractivity contribution in [3.8, 4) is 0 Å². The van der Waals surface area contributed by atoms with Crippen LogP contribution in [0.4, 0.5) is 0 Å². The highest BCUT2D eigenvalue weighted by atomic mass is 16.3. The predicted octanol–water partition coefficient (Wildman–Crippen LogP) is 3.69. The molecule has 4 rings (SSSR count). The van der Waals surface area contributed by atoms with E-state index >= 15 is 0 Å². The highest BCUT2D eigenvalue weighted by Crippen LogP contribution is 2.67. The van der Waals surface area contributed by atoms with Crippen molar-refractivity contribution < 1.29 is 14.7 Å². The summed E-state index contributed by atoms with van der Waals surface area (Å²) in [6.07, 6.45) is 9.40. The fraction of sp³-hybridized carbons (Fsp3) is 0.810. The Bertz CT molecular complexity index is 619. The molecule has 3 fully saturated rings. The summed E-state index contributed by atoms with van der Waals surface area (Å²) in [5.41, 5.74) is 0.0805. The van der Waals surface area contributed by atoms with E-state index in [1.165, 1.54) is 6.29 Å². The molecule has 24 heavy (non-hydrogen) atoms. The first kappa shape index (κ1) is 16.5. The van der Waals surface area contributed by atoms with Gasteiger partial charge in [0.2, 0.25) is 0 Å². The molecule has 0 heterocycles. The molecule has 3 heteroatoms. The molecule has 4 aliphatic carbocycles. The summed E-state index contributed by atoms with van der Waals surface area (Å²) in [5.74, 6) is 1.68. The fourth-order valence-corrected chi connectivity index (χ4v) is 7.19. The molecular formula is C21H30O3. The number of carbonyl (C=O) groups is 2. The predicted molar refractivity (Wildman–Crippen MR) is 92.3 cm³/mol. The van der Waals surface area contributed by atoms with Gasteiger partial charge in [-0.2, -0.15) is 0 Å². The molecule has 132 valence electrons. The summed E-state index contributed by atoms with van der Waals surface area (Å²) >= 11 is 0. The normalized spacial score (nSPS) is 53.7. The lowest BCUT2D eigenvalue weighted by Gasteiger charge is -2.59. The Morgan fingerprint density at radius 3 is 2.58 bits per heavy atom. The zero-order chi connectivity index (χ0) is 17.3. The molecule has 3 saturated carbocycles. The molecule has 7 atom stereocenters. The number of rotatable bonds is 1. The van der Waals surface area contributed by atoms with Gasteiger partial charge in [0.1, 0.15) is 6.29 Å². The van der Waals surface area contributed by atoms with Gasteiger partial charge in [-0.05, 0) is 80.6 Å². The van der Waals surface area contributed by atoms with Crippen LogP contribution in [0.2, 0.25) is 0 Å². The Hall–Kier alpha value is -0.960. The molecule has 0 aliphatic heterocycles. The standard InChI is InChI=1S/C21H30O3/c1-13-10-15(23)11-14-4-5-16-17-7-9-20(3,24)19(17,2)8-6-18(16)21(13,14)12-22/h11-13,16-18,24H,4-10H2,1-3H3/t13-,16-,17-,18-,19-,20-,21-/m0/s1. The largest absolute Gasteiger partial charge is 0.390 e. The lowest BCUT2D eigenvalue weighted by Crippen LogP contribution is -2.57. The molecule has 0 aromatic heterocycles. The van der Waals surface area contributed by atoms with E-state index in [4.69, 9.17) is 0 Å². The number of fused-ring (bicyclic) bond motifs is 5. The van der Waals surface area contributed by atoms with Crippen LogP contribution in [0, 0.1) is 34.5 Å². The van der Waals surface area contributed by atoms with Crippen molar-refractivity contribution in [3.05, 3.63) is 11.6 Å². The second-order valence-corrected chi connectivity index (χ2v) is 9.48. The van der Waals surface area contributed by atoms with Crippen LogP contribution in [-0.4, -0.2) is 22.8 Å². The summed E-state index contributed by atoms with van der Waals surface area (Å²) in [6.45, 7) is 6.38. The minimum absolute atomic E-state index is 0.0207. The second-order valence-electron chi connectivity index (χ2n) is 9.48. The maximum Gasteiger partial charge on any atom is 0.155 e. The third-order valence-electron chi connectivity index (χ3n) is 8.77. The van der Waals surface area contributed by atoms with Crippen molar-refractivity contribution in [1.29, 1.82) is 0 Å². The van der Waals surface area contributed by atoms with Gasteiger partial charge in [0.05, 0.1) is 11.0 Å². The van der Waals surface area contributed by atoms with Crippen molar-refractivity contribution in [2.24, 2.45) is 34.5 Å². The SMILES string of the molecule is C[C@H]1CC(=O)C=C2CC[C@@H]3[C@H](CC[C@@]4(C)[C@H]3CC[C@]4(C)O)[C@]21C=O. The van der Waals surface area contributed by atoms with E-state index in [9.17, 15) is 14.7 Å². The fourth-order valence-electron chi connectivity index (χ4n) is 7.19. The van der Waals surface area contributed by atoms with Crippen molar-refractivity contribution in [1.82, 2.24) is 0 Å². The number of aliphatic hydroxyl groups is 1. The van der Waals surface area contributed by atoms with Crippen molar-refractivity contribution in [2.45, 2.75) is 71.3 Å². The van der Waals surface area contributed by atoms with Crippen molar-refractivity contribution in [2.75, 3.05) is 0 Å². The molecule has 0 aromatic carbocycles. The van der Waals surface area contributed by atoms with E-state index in [1.54, 1.807) is 6.08 Å². The zero-order valence-electron chi connectivity index (χ0n) is 15.2. The number of allylic oxidation sites excluding steroid dienone is 1. The van der Waals surface area contributed by atoms with Gasteiger partial charge in [0, 0.05) is 6.42 Å².